The highest BCUT2D eigenvalue weighted by Gasteiger charge is 2.39. The zero-order valence-electron chi connectivity index (χ0n) is 14.2. The number of hydrogen-bond donors (Lipinski definition) is 0. The molecule has 0 unspecified atom stereocenters. The molecule has 0 heterocycles. The third kappa shape index (κ3) is 6.18. The summed E-state index contributed by atoms with van der Waals surface area (Å²) in [7, 11) is -5.78. The molecule has 0 saturated carbocycles. The Morgan fingerprint density at radius 2 is 0.840 bits per heavy atom. The predicted molar refractivity (Wildman–Crippen MR) is 90.0 cm³/mol. The van der Waals surface area contributed by atoms with Crippen molar-refractivity contribution >= 4 is 17.1 Å². The topological polar surface area (TPSA) is 27.7 Å². The minimum Gasteiger partial charge on any atom is -0.521 e. The Labute approximate surface area is 145 Å². The van der Waals surface area contributed by atoms with Gasteiger partial charge < -0.3 is 13.0 Å². The van der Waals surface area contributed by atoms with Gasteiger partial charge in [0.25, 0.3) is 0 Å². The Bertz CT molecular complexity index is 665. The molecule has 0 fully saturated rings. The molecule has 0 aliphatic carbocycles. The van der Waals surface area contributed by atoms with Crippen LogP contribution in [0.4, 0.5) is 17.6 Å². The summed E-state index contributed by atoms with van der Waals surface area (Å²) in [5, 5.41) is 0. The van der Waals surface area contributed by atoms with E-state index in [1.54, 1.807) is 26.2 Å². The minimum atomic E-state index is -2.89. The van der Waals surface area contributed by atoms with Crippen molar-refractivity contribution in [1.82, 2.24) is 0 Å². The second kappa shape index (κ2) is 7.18. The van der Waals surface area contributed by atoms with Crippen molar-refractivity contribution in [2.45, 2.75) is 26.2 Å². The van der Waals surface area contributed by atoms with E-state index in [1.165, 1.54) is 0 Å². The largest absolute Gasteiger partial charge is 0.521 e. The smallest absolute Gasteiger partial charge is 0.384 e. The number of rotatable bonds is 6. The van der Waals surface area contributed by atoms with Crippen LogP contribution >= 0.6 is 0 Å². The molecule has 0 saturated heterocycles. The second-order valence-electron chi connectivity index (χ2n) is 6.32. The van der Waals surface area contributed by atoms with Crippen molar-refractivity contribution < 1.29 is 30.5 Å². The first-order valence-corrected chi connectivity index (χ1v) is 13.1. The van der Waals surface area contributed by atoms with E-state index in [-0.39, 0.29) is 11.5 Å². The summed E-state index contributed by atoms with van der Waals surface area (Å²) in [6.07, 6.45) is 0. The van der Waals surface area contributed by atoms with E-state index < -0.39 is 40.4 Å². The summed E-state index contributed by atoms with van der Waals surface area (Å²) in [4.78, 5) is 0. The molecule has 3 nitrogen and oxygen atoms in total. The average Bonchev–Trinajstić information content (AvgIpc) is 2.31. The van der Waals surface area contributed by atoms with Gasteiger partial charge in [0, 0.05) is 36.4 Å². The zero-order valence-corrected chi connectivity index (χ0v) is 16.2. The molecular formula is C16H18F4O3Si2. The minimum absolute atomic E-state index is 0.00997. The zero-order chi connectivity index (χ0) is 18.8. The van der Waals surface area contributed by atoms with Crippen LogP contribution in [0.2, 0.25) is 26.2 Å². The SMILES string of the molecule is C[Si](C)(Oc1cc(F)cc(F)c1)O[Si](C)(C)Oc1cc(F)cc(F)c1. The molecule has 0 N–H and O–H groups in total. The Morgan fingerprint density at radius 1 is 0.560 bits per heavy atom. The lowest BCUT2D eigenvalue weighted by Crippen LogP contribution is -2.52. The van der Waals surface area contributed by atoms with Gasteiger partial charge in [0.2, 0.25) is 0 Å². The van der Waals surface area contributed by atoms with Crippen LogP contribution in [0.5, 0.6) is 11.5 Å². The van der Waals surface area contributed by atoms with Crippen molar-refractivity contribution in [3.8, 4) is 11.5 Å². The van der Waals surface area contributed by atoms with Crippen LogP contribution in [0.15, 0.2) is 36.4 Å². The van der Waals surface area contributed by atoms with Gasteiger partial charge in [-0.05, 0) is 26.2 Å². The lowest BCUT2D eigenvalue weighted by Gasteiger charge is -2.33. The lowest BCUT2D eigenvalue weighted by atomic mass is 10.3. The molecule has 2 aromatic carbocycles. The molecule has 0 aliphatic heterocycles. The molecule has 136 valence electrons. The maximum atomic E-state index is 13.3. The van der Waals surface area contributed by atoms with Gasteiger partial charge in [0.1, 0.15) is 34.8 Å². The molecule has 2 rings (SSSR count). The van der Waals surface area contributed by atoms with Crippen LogP contribution in [0.25, 0.3) is 0 Å². The van der Waals surface area contributed by atoms with E-state index in [2.05, 4.69) is 0 Å². The van der Waals surface area contributed by atoms with Gasteiger partial charge in [-0.15, -0.1) is 0 Å². The number of halogens is 4. The Morgan fingerprint density at radius 3 is 1.12 bits per heavy atom. The van der Waals surface area contributed by atoms with Gasteiger partial charge in [-0.3, -0.25) is 0 Å². The third-order valence-corrected chi connectivity index (χ3v) is 8.28. The molecule has 0 aromatic heterocycles. The highest BCUT2D eigenvalue weighted by molar-refractivity contribution is 6.79. The fraction of sp³-hybridized carbons (Fsp3) is 0.250. The Balaban J connectivity index is 2.11. The number of hydrogen-bond acceptors (Lipinski definition) is 3. The van der Waals surface area contributed by atoms with Crippen molar-refractivity contribution in [3.63, 3.8) is 0 Å². The van der Waals surface area contributed by atoms with Crippen molar-refractivity contribution in [2.24, 2.45) is 0 Å². The maximum Gasteiger partial charge on any atom is 0.384 e. The standard InChI is InChI=1S/C16H18F4O3Si2/c1-24(2,21-15-7-11(17)5-12(18)8-15)23-25(3,4)22-16-9-13(19)6-14(20)10-16/h5-10H,1-4H3. The van der Waals surface area contributed by atoms with Crippen LogP contribution in [0, 0.1) is 23.3 Å². The molecule has 9 heteroatoms. The van der Waals surface area contributed by atoms with Crippen LogP contribution < -0.4 is 8.85 Å². The molecule has 0 bridgehead atoms. The molecular weight excluding hydrogens is 372 g/mol. The van der Waals surface area contributed by atoms with Crippen LogP contribution in [0.1, 0.15) is 0 Å². The van der Waals surface area contributed by atoms with E-state index in [9.17, 15) is 17.6 Å². The first-order valence-electron chi connectivity index (χ1n) is 7.44. The molecule has 0 aliphatic rings. The van der Waals surface area contributed by atoms with Gasteiger partial charge in [0.05, 0.1) is 0 Å². The van der Waals surface area contributed by atoms with Crippen LogP contribution in [-0.2, 0) is 4.12 Å². The fourth-order valence-corrected chi connectivity index (χ4v) is 8.82. The van der Waals surface area contributed by atoms with Crippen LogP contribution in [-0.4, -0.2) is 17.1 Å². The quantitative estimate of drug-likeness (QED) is 0.506. The summed E-state index contributed by atoms with van der Waals surface area (Å²) in [6, 6.07) is 5.69. The van der Waals surface area contributed by atoms with E-state index in [1.807, 2.05) is 0 Å². The number of benzene rings is 2. The van der Waals surface area contributed by atoms with Gasteiger partial charge in [-0.1, -0.05) is 0 Å². The first kappa shape index (κ1) is 19.5. The van der Waals surface area contributed by atoms with E-state index in [0.29, 0.717) is 0 Å². The Kier molecular flexibility index (Phi) is 5.60. The fourth-order valence-electron chi connectivity index (χ4n) is 2.38. The summed E-state index contributed by atoms with van der Waals surface area (Å²) < 4.78 is 70.3. The molecule has 0 spiro atoms. The average molecular weight is 390 g/mol. The predicted octanol–water partition coefficient (Wildman–Crippen LogP) is 5.12. The van der Waals surface area contributed by atoms with Gasteiger partial charge in [-0.2, -0.15) is 0 Å². The van der Waals surface area contributed by atoms with Crippen molar-refractivity contribution in [3.05, 3.63) is 59.7 Å². The first-order chi connectivity index (χ1) is 11.4. The maximum absolute atomic E-state index is 13.3. The highest BCUT2D eigenvalue weighted by atomic mass is 28.5. The molecule has 2 aromatic rings. The van der Waals surface area contributed by atoms with Crippen molar-refractivity contribution in [2.75, 3.05) is 0 Å². The normalized spacial score (nSPS) is 12.2. The van der Waals surface area contributed by atoms with Crippen molar-refractivity contribution in [1.29, 1.82) is 0 Å². The van der Waals surface area contributed by atoms with E-state index >= 15 is 0 Å². The summed E-state index contributed by atoms with van der Waals surface area (Å²) in [6.45, 7) is 6.72. The van der Waals surface area contributed by atoms with E-state index in [4.69, 9.17) is 13.0 Å². The van der Waals surface area contributed by atoms with Gasteiger partial charge in [0.15, 0.2) is 0 Å². The summed E-state index contributed by atoms with van der Waals surface area (Å²) in [5.41, 5.74) is 0. The van der Waals surface area contributed by atoms with Crippen LogP contribution in [0.3, 0.4) is 0 Å². The lowest BCUT2D eigenvalue weighted by molar-refractivity contribution is 0.332. The monoisotopic (exact) mass is 390 g/mol. The summed E-state index contributed by atoms with van der Waals surface area (Å²) in [5.74, 6) is -3.03. The molecule has 0 amide bonds. The molecule has 0 atom stereocenters. The highest BCUT2D eigenvalue weighted by Crippen LogP contribution is 2.25. The summed E-state index contributed by atoms with van der Waals surface area (Å²) >= 11 is 0. The Hall–Kier alpha value is -1.85. The van der Waals surface area contributed by atoms with E-state index in [0.717, 1.165) is 36.4 Å². The van der Waals surface area contributed by atoms with Gasteiger partial charge in [-0.25, -0.2) is 17.6 Å². The molecule has 0 radical (unpaired) electrons. The third-order valence-electron chi connectivity index (χ3n) is 2.89. The molecule has 25 heavy (non-hydrogen) atoms. The second-order valence-corrected chi connectivity index (χ2v) is 13.1. The van der Waals surface area contributed by atoms with Gasteiger partial charge >= 0.3 is 17.1 Å².